The van der Waals surface area contributed by atoms with E-state index in [1.54, 1.807) is 6.21 Å². The van der Waals surface area contributed by atoms with Crippen molar-refractivity contribution in [1.29, 1.82) is 0 Å². The van der Waals surface area contributed by atoms with Gasteiger partial charge in [0.15, 0.2) is 0 Å². The molecular formula is C10H10N4. The van der Waals surface area contributed by atoms with Gasteiger partial charge in [-0.05, 0) is 12.5 Å². The summed E-state index contributed by atoms with van der Waals surface area (Å²) < 4.78 is 0. The molecule has 0 amide bonds. The summed E-state index contributed by atoms with van der Waals surface area (Å²) in [4.78, 5) is 8.00. The summed E-state index contributed by atoms with van der Waals surface area (Å²) in [7, 11) is 0. The third kappa shape index (κ3) is 2.04. The Morgan fingerprint density at radius 2 is 2.07 bits per heavy atom. The first kappa shape index (κ1) is 8.62. The standard InChI is InChI=1S/C10H10N4/c1-8-2-4-9(5-3-8)6-11-10-12-7-13-14-10/h2-7H,1H3,(H,12,13,14)/b11-6+. The molecule has 70 valence electrons. The van der Waals surface area contributed by atoms with Crippen LogP contribution in [0.1, 0.15) is 11.1 Å². The van der Waals surface area contributed by atoms with Crippen molar-refractivity contribution in [2.75, 3.05) is 0 Å². The fraction of sp³-hybridized carbons (Fsp3) is 0.100. The molecule has 0 aliphatic heterocycles. The number of hydrogen-bond donors (Lipinski definition) is 1. The van der Waals surface area contributed by atoms with Gasteiger partial charge < -0.3 is 0 Å². The fourth-order valence-electron chi connectivity index (χ4n) is 1.05. The van der Waals surface area contributed by atoms with Crippen molar-refractivity contribution >= 4 is 12.2 Å². The summed E-state index contributed by atoms with van der Waals surface area (Å²) in [5, 5.41) is 6.36. The number of H-pyrrole nitrogens is 1. The fourth-order valence-corrected chi connectivity index (χ4v) is 1.05. The number of rotatable bonds is 2. The van der Waals surface area contributed by atoms with Crippen LogP contribution in [0.25, 0.3) is 0 Å². The van der Waals surface area contributed by atoms with Gasteiger partial charge in [0.2, 0.25) is 5.95 Å². The molecule has 0 bridgehead atoms. The molecule has 0 saturated carbocycles. The van der Waals surface area contributed by atoms with Gasteiger partial charge in [0.25, 0.3) is 0 Å². The Labute approximate surface area is 81.7 Å². The second-order valence-electron chi connectivity index (χ2n) is 2.98. The lowest BCUT2D eigenvalue weighted by Crippen LogP contribution is -1.80. The van der Waals surface area contributed by atoms with E-state index in [1.165, 1.54) is 11.9 Å². The highest BCUT2D eigenvalue weighted by Crippen LogP contribution is 2.03. The van der Waals surface area contributed by atoms with Crippen LogP contribution in [0.15, 0.2) is 35.6 Å². The largest absolute Gasteiger partial charge is 0.245 e. The summed E-state index contributed by atoms with van der Waals surface area (Å²) in [6.07, 6.45) is 3.18. The monoisotopic (exact) mass is 186 g/mol. The number of aromatic amines is 1. The number of aryl methyl sites for hydroxylation is 1. The number of hydrogen-bond acceptors (Lipinski definition) is 3. The topological polar surface area (TPSA) is 53.9 Å². The van der Waals surface area contributed by atoms with Crippen LogP contribution in [0.3, 0.4) is 0 Å². The lowest BCUT2D eigenvalue weighted by Gasteiger charge is -1.92. The minimum Gasteiger partial charge on any atom is -0.244 e. The maximum absolute atomic E-state index is 4.11. The molecule has 0 radical (unpaired) electrons. The Hall–Kier alpha value is -1.97. The molecule has 4 nitrogen and oxygen atoms in total. The second kappa shape index (κ2) is 3.83. The van der Waals surface area contributed by atoms with Crippen LogP contribution in [0, 0.1) is 6.92 Å². The molecule has 0 unspecified atom stereocenters. The smallest absolute Gasteiger partial charge is 0.244 e. The zero-order chi connectivity index (χ0) is 9.80. The summed E-state index contributed by atoms with van der Waals surface area (Å²) in [6.45, 7) is 2.05. The maximum Gasteiger partial charge on any atom is 0.245 e. The minimum absolute atomic E-state index is 0.519. The molecule has 0 aliphatic carbocycles. The van der Waals surface area contributed by atoms with E-state index in [0.717, 1.165) is 5.56 Å². The minimum atomic E-state index is 0.519. The van der Waals surface area contributed by atoms with Gasteiger partial charge in [-0.3, -0.25) is 0 Å². The third-order valence-electron chi connectivity index (χ3n) is 1.82. The molecule has 1 aromatic heterocycles. The number of aromatic nitrogens is 3. The highest BCUT2D eigenvalue weighted by Gasteiger charge is 1.89. The summed E-state index contributed by atoms with van der Waals surface area (Å²) >= 11 is 0. The van der Waals surface area contributed by atoms with E-state index in [9.17, 15) is 0 Å². The van der Waals surface area contributed by atoms with E-state index >= 15 is 0 Å². The molecule has 0 fully saturated rings. The zero-order valence-electron chi connectivity index (χ0n) is 7.81. The lowest BCUT2D eigenvalue weighted by atomic mass is 10.2. The van der Waals surface area contributed by atoms with Gasteiger partial charge in [-0.25, -0.2) is 10.1 Å². The Morgan fingerprint density at radius 1 is 1.29 bits per heavy atom. The van der Waals surface area contributed by atoms with Gasteiger partial charge in [0.1, 0.15) is 6.33 Å². The molecule has 1 N–H and O–H groups in total. The Kier molecular flexibility index (Phi) is 2.36. The van der Waals surface area contributed by atoms with Gasteiger partial charge in [-0.1, -0.05) is 29.8 Å². The van der Waals surface area contributed by atoms with Crippen LogP contribution < -0.4 is 0 Å². The first-order valence-corrected chi connectivity index (χ1v) is 4.31. The SMILES string of the molecule is Cc1ccc(/C=N/c2ncn[nH]2)cc1. The Bertz CT molecular complexity index is 414. The number of benzene rings is 1. The zero-order valence-corrected chi connectivity index (χ0v) is 7.81. The average molecular weight is 186 g/mol. The van der Waals surface area contributed by atoms with Crippen LogP contribution >= 0.6 is 0 Å². The normalized spacial score (nSPS) is 10.9. The first-order chi connectivity index (χ1) is 6.84. The average Bonchev–Trinajstić information content (AvgIpc) is 2.70. The van der Waals surface area contributed by atoms with Crippen LogP contribution in [0.5, 0.6) is 0 Å². The Morgan fingerprint density at radius 3 is 2.71 bits per heavy atom. The van der Waals surface area contributed by atoms with Crippen LogP contribution in [0.4, 0.5) is 5.95 Å². The van der Waals surface area contributed by atoms with Gasteiger partial charge >= 0.3 is 0 Å². The molecule has 0 spiro atoms. The number of nitrogens with zero attached hydrogens (tertiary/aromatic N) is 3. The Balaban J connectivity index is 2.15. The van der Waals surface area contributed by atoms with Gasteiger partial charge in [-0.15, -0.1) is 0 Å². The summed E-state index contributed by atoms with van der Waals surface area (Å²) in [5.41, 5.74) is 2.29. The van der Waals surface area contributed by atoms with Crippen LogP contribution in [-0.2, 0) is 0 Å². The van der Waals surface area contributed by atoms with Crippen molar-refractivity contribution in [2.24, 2.45) is 4.99 Å². The van der Waals surface area contributed by atoms with E-state index in [2.05, 4.69) is 27.1 Å². The predicted molar refractivity (Wildman–Crippen MR) is 54.8 cm³/mol. The molecular weight excluding hydrogens is 176 g/mol. The van der Waals surface area contributed by atoms with E-state index in [-0.39, 0.29) is 0 Å². The van der Waals surface area contributed by atoms with E-state index in [4.69, 9.17) is 0 Å². The first-order valence-electron chi connectivity index (χ1n) is 4.31. The van der Waals surface area contributed by atoms with Crippen molar-refractivity contribution in [3.63, 3.8) is 0 Å². The van der Waals surface area contributed by atoms with E-state index < -0.39 is 0 Å². The third-order valence-corrected chi connectivity index (χ3v) is 1.82. The molecule has 1 heterocycles. The van der Waals surface area contributed by atoms with Crippen molar-refractivity contribution in [2.45, 2.75) is 6.92 Å². The molecule has 0 atom stereocenters. The highest BCUT2D eigenvalue weighted by molar-refractivity contribution is 5.81. The molecule has 0 saturated heterocycles. The van der Waals surface area contributed by atoms with Crippen LogP contribution in [-0.4, -0.2) is 21.4 Å². The van der Waals surface area contributed by atoms with Gasteiger partial charge in [0, 0.05) is 6.21 Å². The number of aliphatic imine (C=N–C) groups is 1. The summed E-state index contributed by atoms with van der Waals surface area (Å²) in [6, 6.07) is 8.11. The van der Waals surface area contributed by atoms with Crippen LogP contribution in [0.2, 0.25) is 0 Å². The van der Waals surface area contributed by atoms with Crippen molar-refractivity contribution in [1.82, 2.24) is 15.2 Å². The quantitative estimate of drug-likeness (QED) is 0.728. The van der Waals surface area contributed by atoms with Crippen molar-refractivity contribution in [3.8, 4) is 0 Å². The van der Waals surface area contributed by atoms with E-state index in [0.29, 0.717) is 5.95 Å². The molecule has 14 heavy (non-hydrogen) atoms. The maximum atomic E-state index is 4.11. The summed E-state index contributed by atoms with van der Waals surface area (Å²) in [5.74, 6) is 0.519. The predicted octanol–water partition coefficient (Wildman–Crippen LogP) is 1.86. The van der Waals surface area contributed by atoms with Crippen molar-refractivity contribution in [3.05, 3.63) is 41.7 Å². The number of nitrogens with one attached hydrogen (secondary N) is 1. The van der Waals surface area contributed by atoms with E-state index in [1.807, 2.05) is 24.3 Å². The second-order valence-corrected chi connectivity index (χ2v) is 2.98. The van der Waals surface area contributed by atoms with Gasteiger partial charge in [-0.2, -0.15) is 10.1 Å². The molecule has 2 aromatic rings. The molecule has 1 aromatic carbocycles. The molecule has 2 rings (SSSR count). The lowest BCUT2D eigenvalue weighted by molar-refractivity contribution is 1.08. The highest BCUT2D eigenvalue weighted by atomic mass is 15.2. The van der Waals surface area contributed by atoms with Gasteiger partial charge in [0.05, 0.1) is 0 Å². The van der Waals surface area contributed by atoms with Crippen molar-refractivity contribution < 1.29 is 0 Å². The molecule has 0 aliphatic rings. The molecule has 4 heteroatoms.